The minimum absolute atomic E-state index is 0.530. The molecule has 0 fully saturated rings. The number of aromatic nitrogens is 6. The number of allylic oxidation sites excluding steroid dienone is 4. The molecule has 2 radical (unpaired) electrons. The van der Waals surface area contributed by atoms with Crippen molar-refractivity contribution >= 4 is 71.2 Å². The molecule has 0 N–H and O–H groups in total. The zero-order chi connectivity index (χ0) is 40.2. The first kappa shape index (κ1) is 38.2. The first-order valence-electron chi connectivity index (χ1n) is 19.2. The Bertz CT molecular complexity index is 2810. The third kappa shape index (κ3) is 7.59. The van der Waals surface area contributed by atoms with E-state index < -0.39 is 0 Å². The van der Waals surface area contributed by atoms with E-state index in [2.05, 4.69) is 86.9 Å². The Hall–Kier alpha value is -6.64. The molecule has 8 aromatic rings. The molecule has 0 aliphatic heterocycles. The zero-order valence-corrected chi connectivity index (χ0v) is 34.0. The molecule has 0 aliphatic rings. The van der Waals surface area contributed by atoms with Crippen molar-refractivity contribution in [2.24, 2.45) is 0 Å². The third-order valence-electron chi connectivity index (χ3n) is 9.92. The number of hydrogen-bond donors (Lipinski definition) is 0. The molecule has 280 valence electrons. The highest BCUT2D eigenvalue weighted by atomic mass is 32.1. The Morgan fingerprint density at radius 2 is 1.40 bits per heavy atom. The quantitative estimate of drug-likeness (QED) is 0.0909. The summed E-state index contributed by atoms with van der Waals surface area (Å²) in [7, 11) is 4.05. The SMILES string of the molecule is C=C/C=C\c1c(/C=C(\C)c2cccc(-c3nc4cc(-c5nc(-c6ccccc6)nc(-c6ccccc6)n5)ccc4s3)c2)c([B]C)n(-c2nc(/C=C\C)c([B]C)o2)c1C. The lowest BCUT2D eigenvalue weighted by Crippen LogP contribution is -2.24. The molecule has 0 saturated heterocycles. The first-order chi connectivity index (χ1) is 28.4. The van der Waals surface area contributed by atoms with E-state index in [-0.39, 0.29) is 0 Å². The second-order valence-corrected chi connectivity index (χ2v) is 14.7. The summed E-state index contributed by atoms with van der Waals surface area (Å²) in [5.74, 6) is 1.86. The fourth-order valence-electron chi connectivity index (χ4n) is 7.05. The molecule has 0 amide bonds. The van der Waals surface area contributed by atoms with E-state index in [1.54, 1.807) is 17.4 Å². The van der Waals surface area contributed by atoms with Gasteiger partial charge in [-0.05, 0) is 79.5 Å². The first-order valence-corrected chi connectivity index (χ1v) is 20.0. The van der Waals surface area contributed by atoms with Gasteiger partial charge in [0.2, 0.25) is 7.28 Å². The van der Waals surface area contributed by atoms with Crippen molar-refractivity contribution < 1.29 is 4.42 Å². The molecule has 0 spiro atoms. The van der Waals surface area contributed by atoms with Crippen LogP contribution in [0.1, 0.15) is 41.9 Å². The van der Waals surface area contributed by atoms with Crippen LogP contribution in [0.5, 0.6) is 0 Å². The maximum atomic E-state index is 6.30. The van der Waals surface area contributed by atoms with Gasteiger partial charge in [-0.25, -0.2) is 19.9 Å². The predicted molar refractivity (Wildman–Crippen MR) is 245 cm³/mol. The van der Waals surface area contributed by atoms with Gasteiger partial charge in [-0.3, -0.25) is 4.57 Å². The van der Waals surface area contributed by atoms with Crippen LogP contribution >= 0.6 is 11.3 Å². The van der Waals surface area contributed by atoms with E-state index in [4.69, 9.17) is 29.3 Å². The number of oxazole rings is 1. The van der Waals surface area contributed by atoms with Gasteiger partial charge in [0.15, 0.2) is 24.8 Å². The van der Waals surface area contributed by atoms with E-state index in [0.29, 0.717) is 23.5 Å². The van der Waals surface area contributed by atoms with Gasteiger partial charge in [-0.1, -0.05) is 123 Å². The minimum Gasteiger partial charge on any atom is -0.439 e. The smallest absolute Gasteiger partial charge is 0.305 e. The number of nitrogens with zero attached hydrogens (tertiary/aromatic N) is 6. The summed E-state index contributed by atoms with van der Waals surface area (Å²) in [6.45, 7) is 14.2. The highest BCUT2D eigenvalue weighted by molar-refractivity contribution is 7.21. The van der Waals surface area contributed by atoms with Crippen molar-refractivity contribution in [1.29, 1.82) is 0 Å². The van der Waals surface area contributed by atoms with Gasteiger partial charge in [0.1, 0.15) is 5.01 Å². The van der Waals surface area contributed by atoms with Crippen LogP contribution in [-0.4, -0.2) is 44.0 Å². The van der Waals surface area contributed by atoms with Gasteiger partial charge >= 0.3 is 6.01 Å². The Kier molecular flexibility index (Phi) is 11.1. The molecular formula is C48H40B2N6OS. The Morgan fingerprint density at radius 3 is 2.03 bits per heavy atom. The second kappa shape index (κ2) is 16.8. The van der Waals surface area contributed by atoms with E-state index in [1.165, 1.54) is 0 Å². The van der Waals surface area contributed by atoms with Crippen molar-refractivity contribution in [2.45, 2.75) is 34.4 Å². The molecule has 7 nitrogen and oxygen atoms in total. The van der Waals surface area contributed by atoms with Crippen LogP contribution in [0.25, 0.3) is 84.8 Å². The molecule has 4 heterocycles. The molecular weight excluding hydrogens is 730 g/mol. The summed E-state index contributed by atoms with van der Waals surface area (Å²) in [6, 6.07) is 35.4. The summed E-state index contributed by atoms with van der Waals surface area (Å²) >= 11 is 1.67. The van der Waals surface area contributed by atoms with Crippen LogP contribution in [0.2, 0.25) is 13.6 Å². The minimum atomic E-state index is 0.530. The van der Waals surface area contributed by atoms with Gasteiger partial charge < -0.3 is 4.42 Å². The summed E-state index contributed by atoms with van der Waals surface area (Å²) in [5, 5.41) is 0.941. The van der Waals surface area contributed by atoms with Crippen LogP contribution < -0.4 is 11.3 Å². The average molecular weight is 771 g/mol. The van der Waals surface area contributed by atoms with Gasteiger partial charge in [0, 0.05) is 33.5 Å². The van der Waals surface area contributed by atoms with Crippen molar-refractivity contribution in [1.82, 2.24) is 29.5 Å². The highest BCUT2D eigenvalue weighted by Gasteiger charge is 2.22. The maximum absolute atomic E-state index is 6.30. The van der Waals surface area contributed by atoms with Crippen molar-refractivity contribution in [2.75, 3.05) is 0 Å². The summed E-state index contributed by atoms with van der Waals surface area (Å²) in [6.07, 6.45) is 12.0. The lowest BCUT2D eigenvalue weighted by Gasteiger charge is -2.08. The van der Waals surface area contributed by atoms with Crippen LogP contribution in [0.15, 0.2) is 132 Å². The van der Waals surface area contributed by atoms with Gasteiger partial charge in [0.05, 0.1) is 21.6 Å². The van der Waals surface area contributed by atoms with E-state index >= 15 is 0 Å². The van der Waals surface area contributed by atoms with Gasteiger partial charge in [0.25, 0.3) is 0 Å². The van der Waals surface area contributed by atoms with Crippen molar-refractivity contribution in [3.8, 4) is 50.7 Å². The Balaban J connectivity index is 1.16. The van der Waals surface area contributed by atoms with E-state index in [1.807, 2.05) is 107 Å². The maximum Gasteiger partial charge on any atom is 0.305 e. The highest BCUT2D eigenvalue weighted by Crippen LogP contribution is 2.35. The lowest BCUT2D eigenvalue weighted by atomic mass is 9.74. The molecule has 0 bridgehead atoms. The number of fused-ring (bicyclic) bond motifs is 1. The second-order valence-electron chi connectivity index (χ2n) is 13.7. The molecule has 10 heteroatoms. The summed E-state index contributed by atoms with van der Waals surface area (Å²) < 4.78 is 9.48. The molecule has 4 aromatic carbocycles. The molecule has 0 atom stereocenters. The van der Waals surface area contributed by atoms with Crippen molar-refractivity contribution in [3.05, 3.63) is 156 Å². The van der Waals surface area contributed by atoms with Crippen LogP contribution in [-0.2, 0) is 0 Å². The van der Waals surface area contributed by atoms with Crippen LogP contribution in [0.4, 0.5) is 0 Å². The summed E-state index contributed by atoms with van der Waals surface area (Å²) in [5.41, 5.74) is 12.6. The fraction of sp³-hybridized carbons (Fsp3) is 0.104. The van der Waals surface area contributed by atoms with Crippen LogP contribution in [0.3, 0.4) is 0 Å². The Morgan fingerprint density at radius 1 is 0.724 bits per heavy atom. The number of hydrogen-bond acceptors (Lipinski definition) is 7. The predicted octanol–water partition coefficient (Wildman–Crippen LogP) is 10.8. The normalized spacial score (nSPS) is 11.9. The molecule has 4 aromatic heterocycles. The number of rotatable bonds is 12. The topological polar surface area (TPSA) is 82.5 Å². The number of benzene rings is 4. The standard InChI is InChI=1S/C48H40B2N6OS/c1-7-9-24-37-31(4)56(48-52-39(17-8-2)43(50-6)57-48)42(49-5)38(37)27-30(3)34-22-16-23-36(28-34)47-51-40-29-35(25-26-41(40)58-47)46-54-44(32-18-12-10-13-19-32)53-45(55-46)33-20-14-11-15-21-33/h7-29H,1H2,2-6H3/b17-8-,24-9-,30-27+. The van der Waals surface area contributed by atoms with E-state index in [9.17, 15) is 0 Å². The zero-order valence-electron chi connectivity index (χ0n) is 33.1. The lowest BCUT2D eigenvalue weighted by molar-refractivity contribution is 0.554. The van der Waals surface area contributed by atoms with Gasteiger partial charge in [-0.15, -0.1) is 11.3 Å². The molecule has 58 heavy (non-hydrogen) atoms. The summed E-state index contributed by atoms with van der Waals surface area (Å²) in [4.78, 5) is 24.7. The fourth-order valence-corrected chi connectivity index (χ4v) is 7.99. The Labute approximate surface area is 344 Å². The average Bonchev–Trinajstić information content (AvgIpc) is 3.96. The van der Waals surface area contributed by atoms with Crippen LogP contribution in [0, 0.1) is 6.92 Å². The third-order valence-corrected chi connectivity index (χ3v) is 11.0. The largest absolute Gasteiger partial charge is 0.439 e. The van der Waals surface area contributed by atoms with Crippen molar-refractivity contribution in [3.63, 3.8) is 0 Å². The molecule has 0 aliphatic carbocycles. The molecule has 0 saturated carbocycles. The molecule has 8 rings (SSSR count). The monoisotopic (exact) mass is 770 g/mol. The number of thiazole rings is 1. The van der Waals surface area contributed by atoms with E-state index in [0.717, 1.165) is 82.4 Å². The van der Waals surface area contributed by atoms with Gasteiger partial charge in [-0.2, -0.15) is 4.98 Å². The molecule has 0 unspecified atom stereocenters.